The van der Waals surface area contributed by atoms with Gasteiger partial charge >= 0.3 is 17.1 Å². The first-order valence-corrected chi connectivity index (χ1v) is 22.3. The van der Waals surface area contributed by atoms with Gasteiger partial charge in [-0.1, -0.05) is 55.4 Å². The van der Waals surface area contributed by atoms with Gasteiger partial charge in [-0.3, -0.25) is 9.19 Å². The maximum atomic E-state index is 12.6. The van der Waals surface area contributed by atoms with Crippen molar-refractivity contribution in [3.63, 3.8) is 0 Å². The van der Waals surface area contributed by atoms with Gasteiger partial charge in [-0.25, -0.2) is 15.0 Å². The molecular formula is C31H49N5O5S2Si2. The number of thiazole rings is 1. The number of rotatable bonds is 8. The fourth-order valence-electron chi connectivity index (χ4n) is 7.15. The highest BCUT2D eigenvalue weighted by molar-refractivity contribution is 7.84. The topological polar surface area (TPSA) is 129 Å². The Morgan fingerprint density at radius 2 is 1.69 bits per heavy atom. The molecule has 1 saturated heterocycles. The first kappa shape index (κ1) is 34.7. The standard InChI is InChI=1S/C31H49N5O5S2Si2/c1-17(2)44(18(3)4)39-16-22-14-25(31(10,37)27(22)40-45(41-44,19(5)6)20(7)8)35-28-26(21(9)33-30(36-28)43(11)38)29-34-23-15-32-13-12-24(23)42-29/h12-13,15,17-20,22,25,27,37H,14,16H2,1-11H3,(H,33,35,36)/t22-,25-,27-,31+,43?/m1/s1. The molecule has 0 spiro atoms. The van der Waals surface area contributed by atoms with Gasteiger partial charge in [-0.15, -0.1) is 11.3 Å². The molecule has 45 heavy (non-hydrogen) atoms. The summed E-state index contributed by atoms with van der Waals surface area (Å²) in [7, 11) is -7.04. The van der Waals surface area contributed by atoms with Gasteiger partial charge in [-0.05, 0) is 48.5 Å². The summed E-state index contributed by atoms with van der Waals surface area (Å²) in [5, 5.41) is 17.0. The Labute approximate surface area is 276 Å². The molecule has 0 aromatic carbocycles. The van der Waals surface area contributed by atoms with Crippen molar-refractivity contribution in [1.82, 2.24) is 19.9 Å². The van der Waals surface area contributed by atoms with E-state index >= 15 is 0 Å². The predicted molar refractivity (Wildman–Crippen MR) is 185 cm³/mol. The molecule has 1 unspecified atom stereocenters. The number of aliphatic hydroxyl groups is 1. The molecule has 2 aliphatic rings. The van der Waals surface area contributed by atoms with Crippen LogP contribution < -0.4 is 5.32 Å². The summed E-state index contributed by atoms with van der Waals surface area (Å²) in [5.74, 6) is 0.440. The molecule has 3 aromatic rings. The van der Waals surface area contributed by atoms with Crippen LogP contribution in [0.1, 0.15) is 74.4 Å². The predicted octanol–water partition coefficient (Wildman–Crippen LogP) is 6.70. The minimum absolute atomic E-state index is 0.0603. The Balaban J connectivity index is 1.59. The van der Waals surface area contributed by atoms with Gasteiger partial charge in [0, 0.05) is 25.0 Å². The number of anilines is 1. The van der Waals surface area contributed by atoms with Crippen LogP contribution in [0.2, 0.25) is 22.2 Å². The van der Waals surface area contributed by atoms with Gasteiger partial charge in [0.1, 0.15) is 21.9 Å². The fraction of sp³-hybridized carbons (Fsp3) is 0.677. The molecule has 10 nitrogen and oxygen atoms in total. The molecule has 0 amide bonds. The Hall–Kier alpha value is -1.66. The third-order valence-corrected chi connectivity index (χ3v) is 21.6. The van der Waals surface area contributed by atoms with Crippen molar-refractivity contribution in [2.24, 2.45) is 5.92 Å². The van der Waals surface area contributed by atoms with Gasteiger partial charge in [-0.2, -0.15) is 0 Å². The number of nitrogens with one attached hydrogen (secondary N) is 1. The van der Waals surface area contributed by atoms with Gasteiger partial charge < -0.3 is 23.4 Å². The number of fused-ring (bicyclic) bond motifs is 2. The third-order valence-electron chi connectivity index (χ3n) is 9.66. The van der Waals surface area contributed by atoms with Crippen LogP contribution >= 0.6 is 11.3 Å². The molecule has 14 heteroatoms. The normalized spacial score (nSPS) is 27.2. The van der Waals surface area contributed by atoms with Crippen LogP contribution in [-0.2, 0) is 23.8 Å². The zero-order valence-electron chi connectivity index (χ0n) is 28.4. The second-order valence-corrected chi connectivity index (χ2v) is 25.2. The van der Waals surface area contributed by atoms with Crippen molar-refractivity contribution in [2.45, 2.75) is 121 Å². The fourth-order valence-corrected chi connectivity index (χ4v) is 20.0. The highest BCUT2D eigenvalue weighted by atomic mass is 32.2. The highest BCUT2D eigenvalue weighted by Crippen LogP contribution is 2.51. The van der Waals surface area contributed by atoms with Crippen molar-refractivity contribution in [3.8, 4) is 10.6 Å². The van der Waals surface area contributed by atoms with Crippen LogP contribution in [0.3, 0.4) is 0 Å². The first-order chi connectivity index (χ1) is 21.0. The molecule has 1 aliphatic heterocycles. The van der Waals surface area contributed by atoms with Crippen molar-refractivity contribution >= 4 is 55.3 Å². The van der Waals surface area contributed by atoms with E-state index in [2.05, 4.69) is 70.7 Å². The van der Waals surface area contributed by atoms with Crippen LogP contribution in [0.4, 0.5) is 5.82 Å². The summed E-state index contributed by atoms with van der Waals surface area (Å²) < 4.78 is 35.3. The molecule has 2 N–H and O–H groups in total. The van der Waals surface area contributed by atoms with E-state index in [1.54, 1.807) is 18.6 Å². The van der Waals surface area contributed by atoms with Crippen LogP contribution in [0.15, 0.2) is 23.6 Å². The number of pyridine rings is 1. The number of nitrogens with zero attached hydrogens (tertiary/aromatic N) is 4. The third kappa shape index (κ3) is 6.09. The van der Waals surface area contributed by atoms with Gasteiger partial charge in [0.2, 0.25) is 5.16 Å². The smallest absolute Gasteiger partial charge is 0.335 e. The number of aryl methyl sites for hydroxylation is 1. The van der Waals surface area contributed by atoms with Crippen molar-refractivity contribution in [1.29, 1.82) is 0 Å². The lowest BCUT2D eigenvalue weighted by molar-refractivity contribution is -0.0746. The Morgan fingerprint density at radius 3 is 2.27 bits per heavy atom. The van der Waals surface area contributed by atoms with E-state index in [0.717, 1.165) is 20.8 Å². The second-order valence-electron chi connectivity index (χ2n) is 14.1. The summed E-state index contributed by atoms with van der Waals surface area (Å²) in [6, 6.07) is 1.50. The average molecular weight is 692 g/mol. The monoisotopic (exact) mass is 691 g/mol. The van der Waals surface area contributed by atoms with Crippen LogP contribution in [0.25, 0.3) is 20.8 Å². The molecular weight excluding hydrogens is 643 g/mol. The molecule has 0 radical (unpaired) electrons. The number of aromatic nitrogens is 4. The van der Waals surface area contributed by atoms with Crippen LogP contribution in [0, 0.1) is 12.8 Å². The summed E-state index contributed by atoms with van der Waals surface area (Å²) in [6.45, 7) is 21.8. The second kappa shape index (κ2) is 12.8. The van der Waals surface area contributed by atoms with Crippen LogP contribution in [0.5, 0.6) is 0 Å². The lowest BCUT2D eigenvalue weighted by Gasteiger charge is -2.52. The molecule has 3 aromatic heterocycles. The summed E-state index contributed by atoms with van der Waals surface area (Å²) in [4.78, 5) is 18.4. The van der Waals surface area contributed by atoms with E-state index < -0.39 is 45.7 Å². The average Bonchev–Trinajstić information content (AvgIpc) is 3.45. The van der Waals surface area contributed by atoms with Crippen molar-refractivity contribution < 1.29 is 22.3 Å². The first-order valence-electron chi connectivity index (χ1n) is 16.0. The zero-order valence-corrected chi connectivity index (χ0v) is 32.0. The zero-order chi connectivity index (χ0) is 33.1. The highest BCUT2D eigenvalue weighted by Gasteiger charge is 2.63. The molecule has 0 bridgehead atoms. The van der Waals surface area contributed by atoms with E-state index in [1.165, 1.54) is 11.3 Å². The summed E-state index contributed by atoms with van der Waals surface area (Å²) in [5.41, 5.74) is 1.67. The molecule has 248 valence electrons. The summed E-state index contributed by atoms with van der Waals surface area (Å²) in [6.07, 6.45) is 5.16. The lowest BCUT2D eigenvalue weighted by atomic mass is 9.96. The largest absolute Gasteiger partial charge is 0.414 e. The molecule has 5 atom stereocenters. The molecule has 5 rings (SSSR count). The van der Waals surface area contributed by atoms with E-state index in [0.29, 0.717) is 24.5 Å². The minimum atomic E-state index is -2.92. The molecule has 4 heterocycles. The quantitative estimate of drug-likeness (QED) is 0.195. The molecule has 1 aliphatic carbocycles. The van der Waals surface area contributed by atoms with Gasteiger partial charge in [0.25, 0.3) is 0 Å². The maximum Gasteiger partial charge on any atom is 0.335 e. The summed E-state index contributed by atoms with van der Waals surface area (Å²) >= 11 is 1.53. The molecule has 2 fully saturated rings. The molecule has 1 saturated carbocycles. The van der Waals surface area contributed by atoms with Crippen molar-refractivity contribution in [2.75, 3.05) is 18.2 Å². The van der Waals surface area contributed by atoms with Crippen molar-refractivity contribution in [3.05, 3.63) is 24.2 Å². The van der Waals surface area contributed by atoms with Gasteiger partial charge in [0.05, 0.1) is 45.1 Å². The van der Waals surface area contributed by atoms with E-state index in [1.807, 2.05) is 19.9 Å². The van der Waals surface area contributed by atoms with Crippen LogP contribution in [-0.4, -0.2) is 77.0 Å². The van der Waals surface area contributed by atoms with E-state index in [-0.39, 0.29) is 33.2 Å². The minimum Gasteiger partial charge on any atom is -0.414 e. The lowest BCUT2D eigenvalue weighted by Crippen LogP contribution is -2.66. The Kier molecular flexibility index (Phi) is 9.82. The van der Waals surface area contributed by atoms with E-state index in [9.17, 15) is 9.32 Å². The van der Waals surface area contributed by atoms with Gasteiger partial charge in [0.15, 0.2) is 0 Å². The Bertz CT molecular complexity index is 1520. The number of hydrogen-bond donors (Lipinski definition) is 2. The Morgan fingerprint density at radius 1 is 1.04 bits per heavy atom. The van der Waals surface area contributed by atoms with E-state index in [4.69, 9.17) is 22.9 Å². The maximum absolute atomic E-state index is 12.6. The SMILES string of the molecule is Cc1nc(S(C)=O)nc(N[C@@H]2C[C@@H]3CO[Si](C(C)C)(C(C)C)O[Si](C(C)C)(C(C)C)O[C@H]3[C@@]2(C)O)c1-c1nc2cnccc2s1. The number of hydrogen-bond acceptors (Lipinski definition) is 11.